The van der Waals surface area contributed by atoms with Crippen LogP contribution in [0.3, 0.4) is 0 Å². The number of anilines is 2. The average Bonchev–Trinajstić information content (AvgIpc) is 3.08. The van der Waals surface area contributed by atoms with Crippen molar-refractivity contribution in [3.8, 4) is 0 Å². The topological polar surface area (TPSA) is 54.3 Å². The van der Waals surface area contributed by atoms with Crippen LogP contribution in [0.1, 0.15) is 20.8 Å². The number of aryl methyl sites for hydroxylation is 1. The third kappa shape index (κ3) is 3.46. The molecule has 0 unspecified atom stereocenters. The van der Waals surface area contributed by atoms with Gasteiger partial charge in [-0.25, -0.2) is 8.42 Å². The summed E-state index contributed by atoms with van der Waals surface area (Å²) in [5.41, 5.74) is 4.27. The summed E-state index contributed by atoms with van der Waals surface area (Å²) in [5.74, 6) is 0. The Kier molecular flexibility index (Phi) is 5.54. The summed E-state index contributed by atoms with van der Waals surface area (Å²) in [7, 11) is -3.44. The summed E-state index contributed by atoms with van der Waals surface area (Å²) in [6.45, 7) is 7.70. The Bertz CT molecular complexity index is 1290. The first-order valence-electron chi connectivity index (χ1n) is 10.4. The van der Waals surface area contributed by atoms with E-state index < -0.39 is 10.0 Å². The van der Waals surface area contributed by atoms with Gasteiger partial charge in [0.05, 0.1) is 4.90 Å². The molecule has 0 saturated heterocycles. The van der Waals surface area contributed by atoms with E-state index in [2.05, 4.69) is 59.3 Å². The van der Waals surface area contributed by atoms with Gasteiger partial charge in [-0.2, -0.15) is 4.31 Å². The molecule has 0 bridgehead atoms. The number of nitrogens with zero attached hydrogens (tertiary/aromatic N) is 2. The molecule has 0 atom stereocenters. The molecule has 6 heteroatoms. The Labute approximate surface area is 178 Å². The number of rotatable bonds is 7. The molecule has 0 aliphatic carbocycles. The lowest BCUT2D eigenvalue weighted by atomic mass is 10.1. The fraction of sp³-hybridized carbons (Fsp3) is 0.250. The monoisotopic (exact) mass is 421 g/mol. The van der Waals surface area contributed by atoms with Gasteiger partial charge in [0.15, 0.2) is 0 Å². The van der Waals surface area contributed by atoms with E-state index in [0.717, 1.165) is 17.9 Å². The van der Waals surface area contributed by atoms with Crippen LogP contribution in [-0.4, -0.2) is 30.4 Å². The van der Waals surface area contributed by atoms with Crippen molar-refractivity contribution in [1.82, 2.24) is 8.87 Å². The molecule has 1 aromatic heterocycles. The van der Waals surface area contributed by atoms with Gasteiger partial charge in [0, 0.05) is 52.8 Å². The van der Waals surface area contributed by atoms with Crippen LogP contribution in [0.15, 0.2) is 71.6 Å². The summed E-state index contributed by atoms with van der Waals surface area (Å²) >= 11 is 0. The highest BCUT2D eigenvalue weighted by atomic mass is 32.2. The minimum absolute atomic E-state index is 0.318. The number of fused-ring (bicyclic) bond motifs is 3. The predicted octanol–water partition coefficient (Wildman–Crippen LogP) is 5.59. The largest absolute Gasteiger partial charge is 0.356 e. The average molecular weight is 422 g/mol. The van der Waals surface area contributed by atoms with Crippen LogP contribution >= 0.6 is 0 Å². The van der Waals surface area contributed by atoms with Crippen molar-refractivity contribution in [1.29, 1.82) is 0 Å². The number of benzene rings is 3. The lowest BCUT2D eigenvalue weighted by molar-refractivity contribution is 0.445. The number of para-hydroxylation sites is 1. The SMILES string of the molecule is CCN(CC)S(=O)(=O)c1ccc(Nc2ccc3c(c2)c2ccccc2n3CC)cc1. The molecule has 0 amide bonds. The van der Waals surface area contributed by atoms with Crippen LogP contribution < -0.4 is 5.32 Å². The summed E-state index contributed by atoms with van der Waals surface area (Å²) in [6, 6.07) is 21.8. The van der Waals surface area contributed by atoms with Gasteiger partial charge in [-0.15, -0.1) is 0 Å². The predicted molar refractivity (Wildman–Crippen MR) is 125 cm³/mol. The highest BCUT2D eigenvalue weighted by Crippen LogP contribution is 2.32. The molecule has 1 N–H and O–H groups in total. The minimum atomic E-state index is -3.44. The van der Waals surface area contributed by atoms with Crippen molar-refractivity contribution in [2.75, 3.05) is 18.4 Å². The lowest BCUT2D eigenvalue weighted by Crippen LogP contribution is -2.30. The first-order chi connectivity index (χ1) is 14.5. The van der Waals surface area contributed by atoms with Gasteiger partial charge in [-0.1, -0.05) is 32.0 Å². The highest BCUT2D eigenvalue weighted by Gasteiger charge is 2.21. The molecule has 1 heterocycles. The third-order valence-electron chi connectivity index (χ3n) is 5.57. The smallest absolute Gasteiger partial charge is 0.243 e. The lowest BCUT2D eigenvalue weighted by Gasteiger charge is -2.18. The van der Waals surface area contributed by atoms with Gasteiger partial charge < -0.3 is 9.88 Å². The van der Waals surface area contributed by atoms with Crippen LogP contribution in [0.5, 0.6) is 0 Å². The molecular weight excluding hydrogens is 394 g/mol. The molecule has 0 fully saturated rings. The second-order valence-corrected chi connectivity index (χ2v) is 9.17. The Morgan fingerprint density at radius 3 is 2.10 bits per heavy atom. The zero-order valence-electron chi connectivity index (χ0n) is 17.6. The fourth-order valence-electron chi connectivity index (χ4n) is 4.06. The Morgan fingerprint density at radius 1 is 0.800 bits per heavy atom. The molecule has 0 saturated carbocycles. The van der Waals surface area contributed by atoms with Gasteiger partial charge in [0.2, 0.25) is 10.0 Å². The van der Waals surface area contributed by atoms with Crippen molar-refractivity contribution in [2.24, 2.45) is 0 Å². The van der Waals surface area contributed by atoms with Crippen molar-refractivity contribution >= 4 is 43.2 Å². The number of nitrogens with one attached hydrogen (secondary N) is 1. The zero-order valence-corrected chi connectivity index (χ0v) is 18.4. The van der Waals surface area contributed by atoms with Gasteiger partial charge >= 0.3 is 0 Å². The van der Waals surface area contributed by atoms with E-state index >= 15 is 0 Å². The Hall–Kier alpha value is -2.83. The van der Waals surface area contributed by atoms with Crippen LogP contribution in [0, 0.1) is 0 Å². The van der Waals surface area contributed by atoms with Gasteiger partial charge in [0.25, 0.3) is 0 Å². The minimum Gasteiger partial charge on any atom is -0.356 e. The van der Waals surface area contributed by atoms with Gasteiger partial charge in [0.1, 0.15) is 0 Å². The maximum atomic E-state index is 12.7. The van der Waals surface area contributed by atoms with E-state index in [1.807, 2.05) is 26.0 Å². The molecule has 4 rings (SSSR count). The summed E-state index contributed by atoms with van der Waals surface area (Å²) < 4.78 is 29.1. The normalized spacial score (nSPS) is 12.1. The summed E-state index contributed by atoms with van der Waals surface area (Å²) in [6.07, 6.45) is 0. The Morgan fingerprint density at radius 2 is 1.43 bits per heavy atom. The molecule has 0 aliphatic rings. The highest BCUT2D eigenvalue weighted by molar-refractivity contribution is 7.89. The molecule has 30 heavy (non-hydrogen) atoms. The molecule has 0 radical (unpaired) electrons. The van der Waals surface area contributed by atoms with Gasteiger partial charge in [-0.05, 0) is 55.5 Å². The van der Waals surface area contributed by atoms with E-state index in [1.54, 1.807) is 12.1 Å². The number of hydrogen-bond donors (Lipinski definition) is 1. The van der Waals surface area contributed by atoms with Crippen molar-refractivity contribution in [3.05, 3.63) is 66.7 Å². The standard InChI is InChI=1S/C24H27N3O2S/c1-4-26(5-2)30(28,29)20-14-11-18(12-15-20)25-19-13-16-24-22(17-19)21-9-7-8-10-23(21)27(24)6-3/h7-17,25H,4-6H2,1-3H3. The molecule has 0 aliphatic heterocycles. The maximum absolute atomic E-state index is 12.7. The zero-order chi connectivity index (χ0) is 21.3. The van der Waals surface area contributed by atoms with E-state index in [-0.39, 0.29) is 0 Å². The Balaban J connectivity index is 1.66. The maximum Gasteiger partial charge on any atom is 0.243 e. The first kappa shape index (κ1) is 20.4. The molecular formula is C24H27N3O2S. The first-order valence-corrected chi connectivity index (χ1v) is 11.8. The van der Waals surface area contributed by atoms with Crippen LogP contribution in [0.4, 0.5) is 11.4 Å². The second-order valence-electron chi connectivity index (χ2n) is 7.23. The fourth-order valence-corrected chi connectivity index (χ4v) is 5.52. The molecule has 4 aromatic rings. The van der Waals surface area contributed by atoms with Crippen molar-refractivity contribution < 1.29 is 8.42 Å². The number of aromatic nitrogens is 1. The third-order valence-corrected chi connectivity index (χ3v) is 7.64. The van der Waals surface area contributed by atoms with Gasteiger partial charge in [-0.3, -0.25) is 0 Å². The van der Waals surface area contributed by atoms with Crippen LogP contribution in [0.25, 0.3) is 21.8 Å². The number of sulfonamides is 1. The van der Waals surface area contributed by atoms with Crippen molar-refractivity contribution in [3.63, 3.8) is 0 Å². The van der Waals surface area contributed by atoms with E-state index in [0.29, 0.717) is 18.0 Å². The van der Waals surface area contributed by atoms with E-state index in [1.165, 1.54) is 26.1 Å². The molecule has 3 aromatic carbocycles. The molecule has 0 spiro atoms. The van der Waals surface area contributed by atoms with Crippen molar-refractivity contribution in [2.45, 2.75) is 32.2 Å². The van der Waals surface area contributed by atoms with E-state index in [4.69, 9.17) is 0 Å². The van der Waals surface area contributed by atoms with E-state index in [9.17, 15) is 8.42 Å². The quantitative estimate of drug-likeness (QED) is 0.423. The van der Waals surface area contributed by atoms with Crippen LogP contribution in [0.2, 0.25) is 0 Å². The second kappa shape index (κ2) is 8.13. The summed E-state index contributed by atoms with van der Waals surface area (Å²) in [5, 5.41) is 5.85. The molecule has 156 valence electrons. The van der Waals surface area contributed by atoms with Crippen LogP contribution in [-0.2, 0) is 16.6 Å². The molecule has 5 nitrogen and oxygen atoms in total. The number of hydrogen-bond acceptors (Lipinski definition) is 3. The summed E-state index contributed by atoms with van der Waals surface area (Å²) in [4.78, 5) is 0.318.